The number of likely N-dealkylation sites (N-methyl/N-ethyl adjacent to an activating group) is 1. The predicted octanol–water partition coefficient (Wildman–Crippen LogP) is -3.18. The number of hydrogen-bond donors (Lipinski definition) is 6. The van der Waals surface area contributed by atoms with E-state index in [1.54, 1.807) is 19.6 Å². The maximum absolute atomic E-state index is 12.9. The highest BCUT2D eigenvalue weighted by atomic mass is 16.4. The van der Waals surface area contributed by atoms with Crippen LogP contribution in [0.4, 0.5) is 0 Å². The molecule has 0 radical (unpaired) electrons. The molecule has 15 heteroatoms. The molecule has 0 bridgehead atoms. The monoisotopic (exact) mass is 545 g/mol. The number of carboxylic acids is 3. The molecule has 0 saturated carbocycles. The molecule has 218 valence electrons. The van der Waals surface area contributed by atoms with Gasteiger partial charge >= 0.3 is 17.9 Å². The Morgan fingerprint density at radius 2 is 1.05 bits per heavy atom. The quantitative estimate of drug-likeness (QED) is 0.119. The maximum atomic E-state index is 12.9. The van der Waals surface area contributed by atoms with E-state index in [4.69, 9.17) is 5.73 Å². The van der Waals surface area contributed by atoms with Crippen LogP contribution in [0.5, 0.6) is 0 Å². The average molecular weight is 546 g/mol. The second-order valence-corrected chi connectivity index (χ2v) is 9.30. The molecule has 1 atom stereocenters. The number of unbranched alkanes of at least 4 members (excludes halogenated alkanes) is 1. The molecule has 0 aromatic carbocycles. The first-order valence-electron chi connectivity index (χ1n) is 12.8. The Bertz CT molecular complexity index is 753. The molecular weight excluding hydrogens is 502 g/mol. The van der Waals surface area contributed by atoms with Crippen molar-refractivity contribution in [3.8, 4) is 0 Å². The van der Waals surface area contributed by atoms with Gasteiger partial charge in [-0.3, -0.25) is 43.6 Å². The van der Waals surface area contributed by atoms with E-state index in [-0.39, 0.29) is 51.1 Å². The Balaban J connectivity index is 2.98. The van der Waals surface area contributed by atoms with Crippen LogP contribution in [0.3, 0.4) is 0 Å². The molecule has 15 nitrogen and oxygen atoms in total. The summed E-state index contributed by atoms with van der Waals surface area (Å²) in [4.78, 5) is 66.0. The molecular formula is C23H43N7O8. The predicted molar refractivity (Wildman–Crippen MR) is 138 cm³/mol. The summed E-state index contributed by atoms with van der Waals surface area (Å²) < 4.78 is 0. The summed E-state index contributed by atoms with van der Waals surface area (Å²) in [5, 5.41) is 33.2. The van der Waals surface area contributed by atoms with Gasteiger partial charge in [0.1, 0.15) is 6.04 Å². The van der Waals surface area contributed by atoms with Gasteiger partial charge in [-0.15, -0.1) is 0 Å². The van der Waals surface area contributed by atoms with E-state index in [0.29, 0.717) is 58.7 Å². The van der Waals surface area contributed by atoms with Crippen molar-refractivity contribution in [3.05, 3.63) is 0 Å². The minimum absolute atomic E-state index is 0.0582. The normalized spacial score (nSPS) is 18.1. The van der Waals surface area contributed by atoms with Gasteiger partial charge in [0, 0.05) is 59.4 Å². The lowest BCUT2D eigenvalue weighted by atomic mass is 10.1. The fourth-order valence-corrected chi connectivity index (χ4v) is 4.16. The van der Waals surface area contributed by atoms with Crippen LogP contribution in [0.15, 0.2) is 0 Å². The molecule has 1 heterocycles. The van der Waals surface area contributed by atoms with Gasteiger partial charge in [0.15, 0.2) is 0 Å². The number of aliphatic carboxylic acids is 3. The van der Waals surface area contributed by atoms with Crippen molar-refractivity contribution in [1.82, 2.24) is 30.2 Å². The average Bonchev–Trinajstić information content (AvgIpc) is 2.83. The van der Waals surface area contributed by atoms with Crippen molar-refractivity contribution >= 4 is 29.7 Å². The zero-order valence-electron chi connectivity index (χ0n) is 22.1. The fraction of sp³-hybridized carbons (Fsp3) is 0.783. The zero-order valence-corrected chi connectivity index (χ0v) is 22.1. The first kappa shape index (κ1) is 33.2. The van der Waals surface area contributed by atoms with Crippen LogP contribution in [0, 0.1) is 0 Å². The van der Waals surface area contributed by atoms with Crippen molar-refractivity contribution < 1.29 is 39.3 Å². The van der Waals surface area contributed by atoms with Gasteiger partial charge in [0.05, 0.1) is 26.2 Å². The number of rotatable bonds is 14. The molecule has 0 spiro atoms. The Kier molecular flexibility index (Phi) is 16.1. The first-order chi connectivity index (χ1) is 18.0. The molecule has 0 aromatic rings. The highest BCUT2D eigenvalue weighted by molar-refractivity contribution is 5.88. The van der Waals surface area contributed by atoms with Crippen LogP contribution in [-0.4, -0.2) is 163 Å². The van der Waals surface area contributed by atoms with Gasteiger partial charge in [-0.2, -0.15) is 0 Å². The van der Waals surface area contributed by atoms with Gasteiger partial charge < -0.3 is 31.7 Å². The molecule has 0 aliphatic carbocycles. The second-order valence-electron chi connectivity index (χ2n) is 9.30. The zero-order chi connectivity index (χ0) is 28.5. The number of amides is 2. The van der Waals surface area contributed by atoms with Crippen molar-refractivity contribution in [2.24, 2.45) is 5.73 Å². The topological polar surface area (TPSA) is 209 Å². The van der Waals surface area contributed by atoms with Crippen molar-refractivity contribution in [1.29, 1.82) is 0 Å². The molecule has 1 aliphatic heterocycles. The molecule has 7 N–H and O–H groups in total. The molecule has 0 unspecified atom stereocenters. The van der Waals surface area contributed by atoms with Crippen LogP contribution in [0.1, 0.15) is 19.3 Å². The van der Waals surface area contributed by atoms with E-state index >= 15 is 0 Å². The summed E-state index contributed by atoms with van der Waals surface area (Å²) in [6, 6.07) is -0.710. The Hall–Kier alpha value is -2.85. The summed E-state index contributed by atoms with van der Waals surface area (Å²) in [7, 11) is 1.49. The summed E-state index contributed by atoms with van der Waals surface area (Å²) in [5.74, 6) is -3.76. The lowest BCUT2D eigenvalue weighted by molar-refractivity contribution is -0.140. The third-order valence-electron chi connectivity index (χ3n) is 6.22. The Morgan fingerprint density at radius 3 is 1.37 bits per heavy atom. The number of nitrogens with one attached hydrogen (secondary N) is 2. The maximum Gasteiger partial charge on any atom is 0.317 e. The third kappa shape index (κ3) is 14.8. The second kappa shape index (κ2) is 18.4. The number of hydrogen-bond acceptors (Lipinski definition) is 10. The van der Waals surface area contributed by atoms with Gasteiger partial charge in [0.2, 0.25) is 11.8 Å². The van der Waals surface area contributed by atoms with Gasteiger partial charge in [0.25, 0.3) is 0 Å². The Labute approximate surface area is 222 Å². The molecule has 1 fully saturated rings. The SMILES string of the molecule is CNC(=O)[C@@H](CCCCN)NC(=O)CN1CCN(CC(=O)O)CCN(CC(=O)O)CCN(CC(=O)O)CC1. The van der Waals surface area contributed by atoms with E-state index < -0.39 is 23.9 Å². The standard InChI is InChI=1S/C23H43N7O8/c1-25-23(38)18(4-2-3-5-24)26-19(31)14-27-6-8-28(15-20(32)33)10-12-30(17-22(36)37)13-11-29(9-7-27)16-21(34)35/h18H,2-17,24H2,1H3,(H,25,38)(H,26,31)(H,32,33)(H,34,35)(H,36,37)/t18-/m1/s1. The first-order valence-corrected chi connectivity index (χ1v) is 12.8. The highest BCUT2D eigenvalue weighted by Gasteiger charge is 2.23. The van der Waals surface area contributed by atoms with Gasteiger partial charge in [-0.05, 0) is 25.8 Å². The van der Waals surface area contributed by atoms with E-state index in [1.165, 1.54) is 7.05 Å². The molecule has 38 heavy (non-hydrogen) atoms. The van der Waals surface area contributed by atoms with Crippen molar-refractivity contribution in [2.45, 2.75) is 25.3 Å². The van der Waals surface area contributed by atoms with Gasteiger partial charge in [-0.25, -0.2) is 0 Å². The van der Waals surface area contributed by atoms with Crippen LogP contribution in [0.25, 0.3) is 0 Å². The molecule has 1 saturated heterocycles. The van der Waals surface area contributed by atoms with Crippen LogP contribution in [0.2, 0.25) is 0 Å². The van der Waals surface area contributed by atoms with Crippen LogP contribution in [-0.2, 0) is 24.0 Å². The number of carbonyl (C=O) groups excluding carboxylic acids is 2. The van der Waals surface area contributed by atoms with Crippen LogP contribution < -0.4 is 16.4 Å². The molecule has 1 rings (SSSR count). The summed E-state index contributed by atoms with van der Waals surface area (Å²) in [5.41, 5.74) is 5.53. The number of nitrogens with zero attached hydrogens (tertiary/aromatic N) is 4. The summed E-state index contributed by atoms with van der Waals surface area (Å²) >= 11 is 0. The number of carbonyl (C=O) groups is 5. The Morgan fingerprint density at radius 1 is 0.684 bits per heavy atom. The molecule has 1 aliphatic rings. The summed E-state index contributed by atoms with van der Waals surface area (Å²) in [6.07, 6.45) is 1.83. The van der Waals surface area contributed by atoms with Crippen molar-refractivity contribution in [2.75, 3.05) is 92.1 Å². The minimum Gasteiger partial charge on any atom is -0.480 e. The van der Waals surface area contributed by atoms with Gasteiger partial charge in [-0.1, -0.05) is 0 Å². The molecule has 2 amide bonds. The summed E-state index contributed by atoms with van der Waals surface area (Å²) in [6.45, 7) is 2.09. The lowest BCUT2D eigenvalue weighted by Crippen LogP contribution is -2.52. The van der Waals surface area contributed by atoms with E-state index in [1.807, 2.05) is 0 Å². The third-order valence-corrected chi connectivity index (χ3v) is 6.22. The fourth-order valence-electron chi connectivity index (χ4n) is 4.16. The minimum atomic E-state index is -1.03. The smallest absolute Gasteiger partial charge is 0.317 e. The van der Waals surface area contributed by atoms with Crippen molar-refractivity contribution in [3.63, 3.8) is 0 Å². The lowest BCUT2D eigenvalue weighted by Gasteiger charge is -2.33. The van der Waals surface area contributed by atoms with E-state index in [2.05, 4.69) is 10.6 Å². The number of carboxylic acid groups (broad SMARTS) is 3. The number of nitrogens with two attached hydrogens (primary N) is 1. The molecule has 0 aromatic heterocycles. The van der Waals surface area contributed by atoms with Crippen LogP contribution >= 0.6 is 0 Å². The van der Waals surface area contributed by atoms with E-state index in [0.717, 1.165) is 6.42 Å². The van der Waals surface area contributed by atoms with E-state index in [9.17, 15) is 39.3 Å². The largest absolute Gasteiger partial charge is 0.480 e. The highest BCUT2D eigenvalue weighted by Crippen LogP contribution is 2.04.